The van der Waals surface area contributed by atoms with E-state index in [0.29, 0.717) is 25.7 Å². The second-order valence-electron chi connectivity index (χ2n) is 9.28. The monoisotopic (exact) mass is 477 g/mol. The topological polar surface area (TPSA) is 96.5 Å². The van der Waals surface area contributed by atoms with E-state index in [0.717, 1.165) is 60.6 Å². The molecule has 6 rings (SSSR count). The molecule has 176 valence electrons. The van der Waals surface area contributed by atoms with Crippen LogP contribution in [0.15, 0.2) is 48.1 Å². The quantitative estimate of drug-likeness (QED) is 0.440. The Morgan fingerprint density at radius 2 is 1.94 bits per heavy atom. The lowest BCUT2D eigenvalue weighted by molar-refractivity contribution is -0.184. The summed E-state index contributed by atoms with van der Waals surface area (Å²) in [5, 5.41) is 20.5. The average molecular weight is 478 g/mol. The number of aromatic hydroxyl groups is 1. The minimum atomic E-state index is -0.907. The number of rotatable bonds is 6. The smallest absolute Gasteiger partial charge is 0.210 e. The molecule has 0 atom stereocenters. The molecule has 34 heavy (non-hydrogen) atoms. The Bertz CT molecular complexity index is 1290. The highest BCUT2D eigenvalue weighted by atomic mass is 32.1. The van der Waals surface area contributed by atoms with E-state index in [1.54, 1.807) is 17.4 Å². The zero-order valence-corrected chi connectivity index (χ0v) is 19.6. The first-order valence-corrected chi connectivity index (χ1v) is 12.5. The summed E-state index contributed by atoms with van der Waals surface area (Å²) in [4.78, 5) is 17.2. The number of piperidine rings is 1. The van der Waals surface area contributed by atoms with Gasteiger partial charge in [-0.15, -0.1) is 11.3 Å². The number of fused-ring (bicyclic) bond motifs is 1. The highest BCUT2D eigenvalue weighted by Gasteiger charge is 2.38. The highest BCUT2D eigenvalue weighted by molar-refractivity contribution is 7.09. The summed E-state index contributed by atoms with van der Waals surface area (Å²) in [6.45, 7) is 4.03. The first-order valence-electron chi connectivity index (χ1n) is 11.6. The minimum Gasteiger partial charge on any atom is -0.493 e. The summed E-state index contributed by atoms with van der Waals surface area (Å²) in [6.07, 6.45) is 3.91. The Hall–Kier alpha value is -2.85. The van der Waals surface area contributed by atoms with Crippen LogP contribution in [0.2, 0.25) is 0 Å². The number of thiazole rings is 1. The molecule has 0 saturated carbocycles. The molecule has 0 radical (unpaired) electrons. The summed E-state index contributed by atoms with van der Waals surface area (Å²) in [5.41, 5.74) is 4.76. The van der Waals surface area contributed by atoms with Crippen LogP contribution in [-0.2, 0) is 23.4 Å². The highest BCUT2D eigenvalue weighted by Crippen LogP contribution is 2.33. The number of nitrogens with zero attached hydrogens (tertiary/aromatic N) is 5. The van der Waals surface area contributed by atoms with Crippen molar-refractivity contribution in [3.05, 3.63) is 70.1 Å². The molecule has 0 bridgehead atoms. The Morgan fingerprint density at radius 1 is 1.09 bits per heavy atom. The molecule has 0 spiro atoms. The summed E-state index contributed by atoms with van der Waals surface area (Å²) >= 11 is 1.64. The maximum absolute atomic E-state index is 10.8. The van der Waals surface area contributed by atoms with E-state index in [4.69, 9.17) is 9.72 Å². The predicted molar refractivity (Wildman–Crippen MR) is 129 cm³/mol. The van der Waals surface area contributed by atoms with Crippen molar-refractivity contribution in [1.29, 1.82) is 0 Å². The third-order valence-corrected chi connectivity index (χ3v) is 7.73. The van der Waals surface area contributed by atoms with Crippen LogP contribution in [0.3, 0.4) is 0 Å². The van der Waals surface area contributed by atoms with Crippen LogP contribution in [0.4, 0.5) is 0 Å². The van der Waals surface area contributed by atoms with Crippen LogP contribution >= 0.6 is 11.3 Å². The van der Waals surface area contributed by atoms with Gasteiger partial charge in [0.05, 0.1) is 42.8 Å². The zero-order chi connectivity index (χ0) is 23.1. The Labute approximate surface area is 201 Å². The van der Waals surface area contributed by atoms with Crippen molar-refractivity contribution in [2.75, 3.05) is 26.3 Å². The SMILES string of the molecule is Oc1cccc(C2CCN(Cc3nc4ccc(C5(O)COC5)cc4n3Cc3cncs3)CC2)n1. The maximum Gasteiger partial charge on any atom is 0.210 e. The standard InChI is InChI=1S/C25H27N5O3S/c31-24-3-1-2-20(28-24)17-6-8-29(9-7-17)13-23-27-21-5-4-18(25(32)14-33-15-25)10-22(21)30(23)12-19-11-26-16-34-19/h1-5,10-11,16-17,32H,6-9,12-15H2,(H,28,31). The number of aromatic nitrogens is 4. The summed E-state index contributed by atoms with van der Waals surface area (Å²) < 4.78 is 7.53. The van der Waals surface area contributed by atoms with Gasteiger partial charge in [-0.25, -0.2) is 9.97 Å². The van der Waals surface area contributed by atoms with Crippen molar-refractivity contribution in [2.24, 2.45) is 0 Å². The van der Waals surface area contributed by atoms with Gasteiger partial charge in [0.15, 0.2) is 0 Å². The van der Waals surface area contributed by atoms with Gasteiger partial charge in [-0.1, -0.05) is 12.1 Å². The van der Waals surface area contributed by atoms with E-state index in [1.807, 2.05) is 36.0 Å². The van der Waals surface area contributed by atoms with Gasteiger partial charge < -0.3 is 19.5 Å². The van der Waals surface area contributed by atoms with Gasteiger partial charge in [0.1, 0.15) is 11.4 Å². The van der Waals surface area contributed by atoms with Crippen LogP contribution in [0.25, 0.3) is 11.0 Å². The van der Waals surface area contributed by atoms with Crippen LogP contribution in [-0.4, -0.2) is 60.9 Å². The van der Waals surface area contributed by atoms with Crippen molar-refractivity contribution < 1.29 is 14.9 Å². The van der Waals surface area contributed by atoms with E-state index < -0.39 is 5.60 Å². The molecule has 5 heterocycles. The molecular weight excluding hydrogens is 450 g/mol. The van der Waals surface area contributed by atoms with Gasteiger partial charge in [-0.05, 0) is 49.7 Å². The van der Waals surface area contributed by atoms with E-state index in [1.165, 1.54) is 4.88 Å². The Balaban J connectivity index is 1.25. The van der Waals surface area contributed by atoms with Gasteiger partial charge in [-0.2, -0.15) is 0 Å². The third-order valence-electron chi connectivity index (χ3n) is 6.97. The molecule has 2 fully saturated rings. The summed E-state index contributed by atoms with van der Waals surface area (Å²) in [7, 11) is 0. The van der Waals surface area contributed by atoms with Crippen molar-refractivity contribution >= 4 is 22.4 Å². The van der Waals surface area contributed by atoms with Crippen LogP contribution in [0.1, 0.15) is 40.7 Å². The van der Waals surface area contributed by atoms with Gasteiger partial charge in [0.25, 0.3) is 0 Å². The third kappa shape index (κ3) is 4.09. The van der Waals surface area contributed by atoms with Gasteiger partial charge in [-0.3, -0.25) is 9.88 Å². The molecule has 9 heteroatoms. The lowest BCUT2D eigenvalue weighted by Gasteiger charge is -2.36. The van der Waals surface area contributed by atoms with E-state index in [2.05, 4.69) is 25.5 Å². The number of likely N-dealkylation sites (tertiary alicyclic amines) is 1. The molecule has 0 amide bonds. The van der Waals surface area contributed by atoms with Crippen molar-refractivity contribution in [3.63, 3.8) is 0 Å². The zero-order valence-electron chi connectivity index (χ0n) is 18.8. The fourth-order valence-electron chi connectivity index (χ4n) is 4.95. The summed E-state index contributed by atoms with van der Waals surface area (Å²) in [5.74, 6) is 1.48. The largest absolute Gasteiger partial charge is 0.493 e. The lowest BCUT2D eigenvalue weighted by atomic mass is 9.92. The Kier molecular flexibility index (Phi) is 5.57. The number of aliphatic hydroxyl groups is 1. The average Bonchev–Trinajstić information content (AvgIpc) is 3.46. The van der Waals surface area contributed by atoms with Crippen LogP contribution in [0, 0.1) is 0 Å². The molecule has 2 saturated heterocycles. The number of ether oxygens (including phenoxy) is 1. The maximum atomic E-state index is 10.8. The molecule has 2 aliphatic rings. The molecule has 2 N–H and O–H groups in total. The van der Waals surface area contributed by atoms with Gasteiger partial charge >= 0.3 is 0 Å². The molecule has 2 aliphatic heterocycles. The molecule has 8 nitrogen and oxygen atoms in total. The first kappa shape index (κ1) is 21.7. The fraction of sp³-hybridized carbons (Fsp3) is 0.400. The van der Waals surface area contributed by atoms with Crippen LogP contribution < -0.4 is 0 Å². The van der Waals surface area contributed by atoms with E-state index in [-0.39, 0.29) is 5.88 Å². The molecule has 0 aliphatic carbocycles. The Morgan fingerprint density at radius 3 is 2.65 bits per heavy atom. The summed E-state index contributed by atoms with van der Waals surface area (Å²) in [6, 6.07) is 11.5. The van der Waals surface area contributed by atoms with Crippen LogP contribution in [0.5, 0.6) is 5.88 Å². The van der Waals surface area contributed by atoms with Gasteiger partial charge in [0.2, 0.25) is 5.88 Å². The normalized spacial score (nSPS) is 18.9. The molecule has 4 aromatic rings. The number of hydrogen-bond donors (Lipinski definition) is 2. The number of hydrogen-bond acceptors (Lipinski definition) is 8. The van der Waals surface area contributed by atoms with Crippen molar-refractivity contribution in [2.45, 2.75) is 37.5 Å². The van der Waals surface area contributed by atoms with Crippen molar-refractivity contribution in [1.82, 2.24) is 24.4 Å². The van der Waals surface area contributed by atoms with Gasteiger partial charge in [0, 0.05) is 28.8 Å². The second kappa shape index (κ2) is 8.74. The number of benzene rings is 1. The molecular formula is C25H27N5O3S. The number of imidazole rings is 1. The second-order valence-corrected chi connectivity index (χ2v) is 10.3. The molecule has 0 unspecified atom stereocenters. The van der Waals surface area contributed by atoms with E-state index >= 15 is 0 Å². The fourth-order valence-corrected chi connectivity index (χ4v) is 5.53. The minimum absolute atomic E-state index is 0.0919. The molecule has 3 aromatic heterocycles. The first-order chi connectivity index (χ1) is 16.6. The van der Waals surface area contributed by atoms with E-state index in [9.17, 15) is 10.2 Å². The molecule has 1 aromatic carbocycles. The predicted octanol–water partition coefficient (Wildman–Crippen LogP) is 3.24. The van der Waals surface area contributed by atoms with Crippen molar-refractivity contribution in [3.8, 4) is 5.88 Å². The lowest BCUT2D eigenvalue weighted by Crippen LogP contribution is -2.46. The number of pyridine rings is 1.